The second kappa shape index (κ2) is 25.7. The van der Waals surface area contributed by atoms with Crippen LogP contribution in [-0.2, 0) is 98.2 Å². The summed E-state index contributed by atoms with van der Waals surface area (Å²) in [5, 5.41) is 13.0. The lowest BCUT2D eigenvalue weighted by Crippen LogP contribution is -2.70. The summed E-state index contributed by atoms with van der Waals surface area (Å²) in [7, 11) is -3.70. The van der Waals surface area contributed by atoms with Gasteiger partial charge in [-0.2, -0.15) is 8.42 Å². The Hall–Kier alpha value is -5.04. The number of benzene rings is 5. The molecule has 0 aromatic heterocycles. The zero-order valence-electron chi connectivity index (χ0n) is 41.0. The molecule has 4 aliphatic rings. The van der Waals surface area contributed by atoms with Crippen LogP contribution in [0.4, 0.5) is 0 Å². The van der Waals surface area contributed by atoms with Crippen molar-refractivity contribution in [3.8, 4) is 0 Å². The Morgan fingerprint density at radius 3 is 1.69 bits per heavy atom. The molecule has 3 N–H and O–H groups in total. The van der Waals surface area contributed by atoms with E-state index in [0.717, 1.165) is 22.3 Å². The van der Waals surface area contributed by atoms with Gasteiger partial charge in [0.1, 0.15) is 66.2 Å². The molecule has 0 saturated carbocycles. The lowest BCUT2D eigenvalue weighted by molar-refractivity contribution is -0.377. The summed E-state index contributed by atoms with van der Waals surface area (Å²) in [6, 6.07) is 46.0. The van der Waals surface area contributed by atoms with E-state index in [0.29, 0.717) is 5.56 Å². The molecule has 396 valence electrons. The van der Waals surface area contributed by atoms with Gasteiger partial charge in [0.15, 0.2) is 25.2 Å². The molecule has 74 heavy (non-hydrogen) atoms. The average Bonchev–Trinajstić information content (AvgIpc) is 3.42. The van der Waals surface area contributed by atoms with E-state index in [4.69, 9.17) is 56.8 Å². The minimum absolute atomic E-state index is 0.0280. The summed E-state index contributed by atoms with van der Waals surface area (Å²) >= 11 is 0. The number of carbonyl (C=O) groups excluding carboxylic acids is 1. The number of fused-ring (bicyclic) bond motifs is 1. The fraction of sp³-hybridized carbons (Fsp3) is 0.436. The molecule has 0 aliphatic carbocycles. The van der Waals surface area contributed by atoms with E-state index in [2.05, 4.69) is 5.32 Å². The summed E-state index contributed by atoms with van der Waals surface area (Å²) < 4.78 is 116. The molecule has 4 aliphatic heterocycles. The highest BCUT2D eigenvalue weighted by atomic mass is 32.2. The van der Waals surface area contributed by atoms with Gasteiger partial charge in [0.25, 0.3) is 10.1 Å². The number of carbonyl (C=O) groups is 1. The molecule has 19 heteroatoms. The Kier molecular flexibility index (Phi) is 18.7. The van der Waals surface area contributed by atoms with Gasteiger partial charge in [-0.1, -0.05) is 152 Å². The SMILES string of the molecule is CO[C@@H]1O[C@H](COCc2ccccc2)[C@@H](O[C@@H]2OC[C@@H](OCc3ccccc3)[C@@H](OCc3ccccc3)[C@@H]2OCc2ccccc2)[C@H](O[C@@H]2O[C@@H]3COC(c4ccccc4)O[C@@H]3[C@H](S(=O)(=O)O)[C@H]2O)[C@H]1NC(C)=O. The minimum atomic E-state index is -5.08. The maximum atomic E-state index is 13.4. The van der Waals surface area contributed by atoms with Crippen molar-refractivity contribution in [2.75, 3.05) is 26.9 Å². The zero-order chi connectivity index (χ0) is 51.4. The Bertz CT molecular complexity index is 2590. The third kappa shape index (κ3) is 13.7. The number of ether oxygens (including phenoxy) is 12. The smallest absolute Gasteiger partial charge is 0.273 e. The van der Waals surface area contributed by atoms with Crippen molar-refractivity contribution in [2.45, 2.75) is 125 Å². The summed E-state index contributed by atoms with van der Waals surface area (Å²) in [6.45, 7) is 1.60. The van der Waals surface area contributed by atoms with Crippen LogP contribution in [0.1, 0.15) is 41.0 Å². The number of aliphatic hydroxyl groups excluding tert-OH is 1. The van der Waals surface area contributed by atoms with Crippen LogP contribution in [0.5, 0.6) is 0 Å². The Balaban J connectivity index is 1.07. The van der Waals surface area contributed by atoms with Crippen LogP contribution in [-0.4, -0.2) is 136 Å². The van der Waals surface area contributed by atoms with Crippen LogP contribution in [0.25, 0.3) is 0 Å². The van der Waals surface area contributed by atoms with Crippen molar-refractivity contribution in [1.82, 2.24) is 5.32 Å². The first-order valence-electron chi connectivity index (χ1n) is 24.6. The first-order chi connectivity index (χ1) is 36.0. The van der Waals surface area contributed by atoms with Gasteiger partial charge in [0.2, 0.25) is 5.91 Å². The second-order valence-corrected chi connectivity index (χ2v) is 20.0. The van der Waals surface area contributed by atoms with E-state index in [1.54, 1.807) is 30.3 Å². The minimum Gasteiger partial charge on any atom is -0.386 e. The number of aliphatic hydroxyl groups is 1. The highest BCUT2D eigenvalue weighted by Gasteiger charge is 2.58. The number of amides is 1. The van der Waals surface area contributed by atoms with Crippen LogP contribution in [0.15, 0.2) is 152 Å². The van der Waals surface area contributed by atoms with Crippen molar-refractivity contribution in [1.29, 1.82) is 0 Å². The van der Waals surface area contributed by atoms with Gasteiger partial charge < -0.3 is 67.3 Å². The highest BCUT2D eigenvalue weighted by molar-refractivity contribution is 7.86. The van der Waals surface area contributed by atoms with E-state index >= 15 is 0 Å². The van der Waals surface area contributed by atoms with Gasteiger partial charge >= 0.3 is 0 Å². The van der Waals surface area contributed by atoms with Crippen LogP contribution < -0.4 is 5.32 Å². The molecule has 4 heterocycles. The highest BCUT2D eigenvalue weighted by Crippen LogP contribution is 2.40. The summed E-state index contributed by atoms with van der Waals surface area (Å²) in [5.74, 6) is -0.514. The lowest BCUT2D eigenvalue weighted by Gasteiger charge is -2.51. The van der Waals surface area contributed by atoms with Crippen LogP contribution >= 0.6 is 0 Å². The molecule has 0 bridgehead atoms. The molecule has 0 radical (unpaired) electrons. The maximum Gasteiger partial charge on any atom is 0.273 e. The Morgan fingerprint density at radius 2 is 1.14 bits per heavy atom. The number of hydrogen-bond acceptors (Lipinski definition) is 16. The topological polar surface area (TPSA) is 214 Å². The monoisotopic (exact) mass is 1040 g/mol. The number of rotatable bonds is 21. The normalized spacial score (nSPS) is 31.3. The second-order valence-electron chi connectivity index (χ2n) is 18.5. The van der Waals surface area contributed by atoms with Crippen molar-refractivity contribution < 1.29 is 79.7 Å². The number of methoxy groups -OCH3 is 1. The Morgan fingerprint density at radius 1 is 0.608 bits per heavy atom. The van der Waals surface area contributed by atoms with Crippen LogP contribution in [0.3, 0.4) is 0 Å². The molecule has 5 aromatic rings. The lowest BCUT2D eigenvalue weighted by atomic mass is 9.94. The largest absolute Gasteiger partial charge is 0.386 e. The molecule has 1 unspecified atom stereocenters. The Labute approximate surface area is 430 Å². The molecule has 9 rings (SSSR count). The predicted octanol–water partition coefficient (Wildman–Crippen LogP) is 5.42. The van der Waals surface area contributed by atoms with Crippen molar-refractivity contribution in [2.24, 2.45) is 0 Å². The van der Waals surface area contributed by atoms with Gasteiger partial charge in [-0.15, -0.1) is 0 Å². The molecule has 1 amide bonds. The zero-order valence-corrected chi connectivity index (χ0v) is 41.8. The van der Waals surface area contributed by atoms with Crippen LogP contribution in [0.2, 0.25) is 0 Å². The van der Waals surface area contributed by atoms with Gasteiger partial charge in [0, 0.05) is 19.6 Å². The number of hydrogen-bond donors (Lipinski definition) is 3. The molecule has 4 fully saturated rings. The molecule has 18 nitrogen and oxygen atoms in total. The van der Waals surface area contributed by atoms with Gasteiger partial charge in [-0.05, 0) is 22.3 Å². The third-order valence-corrected chi connectivity index (χ3v) is 14.4. The molecule has 0 spiro atoms. The molecule has 5 aromatic carbocycles. The van der Waals surface area contributed by atoms with E-state index in [1.807, 2.05) is 121 Å². The van der Waals surface area contributed by atoms with Gasteiger partial charge in [-0.25, -0.2) is 0 Å². The maximum absolute atomic E-state index is 13.4. The summed E-state index contributed by atoms with van der Waals surface area (Å²) in [6.07, 6.45) is -16.3. The van der Waals surface area contributed by atoms with Crippen molar-refractivity contribution in [3.05, 3.63) is 179 Å². The molecule has 15 atom stereocenters. The van der Waals surface area contributed by atoms with E-state index in [-0.39, 0.29) is 46.2 Å². The third-order valence-electron chi connectivity index (χ3n) is 13.2. The average molecular weight is 1040 g/mol. The first-order valence-corrected chi connectivity index (χ1v) is 26.1. The standard InChI is InChI=1S/C55H63NO17S/c1-35(57)56-44-49(73-54-45(58)51(74(59,60)61)48-43(70-54)34-67-52(72-48)40-26-16-7-17-27-40)47(42(69-53(44)62-2)32-63-28-36-18-8-3-9-19-36)71-55-50(66-31-39-24-14-6-15-25-39)46(65-30-38-22-12-5-13-23-38)41(33-68-55)64-29-37-20-10-4-11-21-37/h3-27,41-55,58H,28-34H2,1-2H3,(H,56,57)(H,59,60,61)/t41-,42-,43-,44-,45-,46-,47-,48+,49-,50+,51-,52?,53-,54+,55+/m1/s1. The quantitative estimate of drug-likeness (QED) is 0.0783. The van der Waals surface area contributed by atoms with E-state index in [9.17, 15) is 22.9 Å². The fourth-order valence-corrected chi connectivity index (χ4v) is 10.7. The van der Waals surface area contributed by atoms with Gasteiger partial charge in [0.05, 0.1) is 46.2 Å². The predicted molar refractivity (Wildman–Crippen MR) is 264 cm³/mol. The number of nitrogens with one attached hydrogen (secondary N) is 1. The van der Waals surface area contributed by atoms with Crippen LogP contribution in [0, 0.1) is 0 Å². The first kappa shape index (κ1) is 53.8. The summed E-state index contributed by atoms with van der Waals surface area (Å²) in [4.78, 5) is 13.2. The molecule has 4 saturated heterocycles. The van der Waals surface area contributed by atoms with E-state index in [1.165, 1.54) is 14.0 Å². The van der Waals surface area contributed by atoms with Crippen molar-refractivity contribution >= 4 is 16.0 Å². The molecular formula is C55H63NO17S. The van der Waals surface area contributed by atoms with Crippen molar-refractivity contribution in [3.63, 3.8) is 0 Å². The molecular weight excluding hydrogens is 979 g/mol. The fourth-order valence-electron chi connectivity index (χ4n) is 9.62. The van der Waals surface area contributed by atoms with E-state index < -0.39 is 107 Å². The summed E-state index contributed by atoms with van der Waals surface area (Å²) in [5.41, 5.74) is 4.13. The van der Waals surface area contributed by atoms with Gasteiger partial charge in [-0.3, -0.25) is 9.35 Å².